The molecule has 0 saturated carbocycles. The molecule has 20 heavy (non-hydrogen) atoms. The van der Waals surface area contributed by atoms with Gasteiger partial charge in [-0.25, -0.2) is 4.98 Å². The Bertz CT molecular complexity index is 745. The Kier molecular flexibility index (Phi) is 3.21. The average molecular weight is 266 g/mol. The third-order valence-corrected chi connectivity index (χ3v) is 3.33. The van der Waals surface area contributed by atoms with Gasteiger partial charge >= 0.3 is 0 Å². The Morgan fingerprint density at radius 1 is 1.25 bits per heavy atom. The van der Waals surface area contributed by atoms with Crippen molar-refractivity contribution in [3.8, 4) is 5.75 Å². The molecule has 0 saturated heterocycles. The van der Waals surface area contributed by atoms with Gasteiger partial charge in [0.1, 0.15) is 11.6 Å². The molecule has 0 aliphatic heterocycles. The first kappa shape index (κ1) is 12.4. The molecule has 4 nitrogen and oxygen atoms in total. The maximum absolute atomic E-state index is 11.0. The molecule has 3 aromatic rings. The molecule has 1 aromatic carbocycles. The maximum Gasteiger partial charge on any atom is 0.152 e. The lowest BCUT2D eigenvalue weighted by Crippen LogP contribution is -1.97. The molecule has 3 rings (SSSR count). The quantitative estimate of drug-likeness (QED) is 0.682. The molecule has 0 atom stereocenters. The second-order valence-electron chi connectivity index (χ2n) is 4.54. The van der Waals surface area contributed by atoms with Crippen LogP contribution in [0.4, 0.5) is 0 Å². The van der Waals surface area contributed by atoms with Crippen molar-refractivity contribution in [1.29, 1.82) is 0 Å². The van der Waals surface area contributed by atoms with E-state index in [0.717, 1.165) is 28.9 Å². The van der Waals surface area contributed by atoms with Crippen molar-refractivity contribution < 1.29 is 9.53 Å². The highest BCUT2D eigenvalue weighted by atomic mass is 16.5. The number of rotatable bonds is 4. The number of carbonyl (C=O) groups is 1. The number of aromatic nitrogens is 2. The summed E-state index contributed by atoms with van der Waals surface area (Å²) in [5, 5.41) is 0. The van der Waals surface area contributed by atoms with Crippen LogP contribution in [-0.2, 0) is 6.42 Å². The summed E-state index contributed by atoms with van der Waals surface area (Å²) in [5.74, 6) is 1.75. The lowest BCUT2D eigenvalue weighted by Gasteiger charge is -2.04. The van der Waals surface area contributed by atoms with Gasteiger partial charge in [-0.05, 0) is 29.8 Å². The minimum Gasteiger partial charge on any atom is -0.497 e. The van der Waals surface area contributed by atoms with E-state index >= 15 is 0 Å². The summed E-state index contributed by atoms with van der Waals surface area (Å²) in [4.78, 5) is 15.4. The van der Waals surface area contributed by atoms with Crippen molar-refractivity contribution in [2.45, 2.75) is 6.42 Å². The van der Waals surface area contributed by atoms with Gasteiger partial charge in [0, 0.05) is 18.2 Å². The largest absolute Gasteiger partial charge is 0.497 e. The number of benzene rings is 1. The normalized spacial score (nSPS) is 10.7. The third kappa shape index (κ3) is 2.16. The molecular formula is C16H14N2O2. The molecule has 0 radical (unpaired) electrons. The minimum absolute atomic E-state index is 0.654. The van der Waals surface area contributed by atoms with E-state index in [-0.39, 0.29) is 0 Å². The smallest absolute Gasteiger partial charge is 0.152 e. The van der Waals surface area contributed by atoms with E-state index < -0.39 is 0 Å². The first-order valence-corrected chi connectivity index (χ1v) is 6.35. The number of imidazole rings is 1. The fraction of sp³-hybridized carbons (Fsp3) is 0.125. The molecule has 0 amide bonds. The van der Waals surface area contributed by atoms with E-state index in [1.165, 1.54) is 0 Å². The Morgan fingerprint density at radius 2 is 2.05 bits per heavy atom. The second-order valence-corrected chi connectivity index (χ2v) is 4.54. The molecule has 0 spiro atoms. The van der Waals surface area contributed by atoms with Crippen LogP contribution < -0.4 is 4.74 Å². The number of hydrogen-bond donors (Lipinski definition) is 0. The van der Waals surface area contributed by atoms with Crippen LogP contribution >= 0.6 is 0 Å². The van der Waals surface area contributed by atoms with Gasteiger partial charge in [0.15, 0.2) is 6.29 Å². The summed E-state index contributed by atoms with van der Waals surface area (Å²) in [7, 11) is 1.65. The van der Waals surface area contributed by atoms with Crippen LogP contribution in [0.15, 0.2) is 48.8 Å². The van der Waals surface area contributed by atoms with Gasteiger partial charge in [0.25, 0.3) is 0 Å². The second kappa shape index (κ2) is 5.17. The van der Waals surface area contributed by atoms with Gasteiger partial charge in [0.2, 0.25) is 0 Å². The summed E-state index contributed by atoms with van der Waals surface area (Å²) in [5.41, 5.74) is 2.64. The molecule has 0 aliphatic carbocycles. The standard InChI is InChI=1S/C16H14N2O2/c1-20-14-6-4-12(5-7-14)9-16-17-10-15-13(11-19)3-2-8-18(15)16/h2-8,10-11H,9H2,1H3. The number of hydrogen-bond acceptors (Lipinski definition) is 3. The van der Waals surface area contributed by atoms with Crippen LogP contribution in [0.25, 0.3) is 5.52 Å². The first-order chi connectivity index (χ1) is 9.81. The minimum atomic E-state index is 0.654. The zero-order chi connectivity index (χ0) is 13.9. The van der Waals surface area contributed by atoms with Crippen LogP contribution in [0.1, 0.15) is 21.7 Å². The molecule has 2 heterocycles. The molecule has 0 N–H and O–H groups in total. The summed E-state index contributed by atoms with van der Waals surface area (Å²) in [6.07, 6.45) is 5.23. The molecule has 0 unspecified atom stereocenters. The average Bonchev–Trinajstić information content (AvgIpc) is 2.91. The van der Waals surface area contributed by atoms with E-state index in [0.29, 0.717) is 12.0 Å². The van der Waals surface area contributed by atoms with Gasteiger partial charge in [-0.1, -0.05) is 12.1 Å². The molecule has 100 valence electrons. The number of pyridine rings is 1. The van der Waals surface area contributed by atoms with Gasteiger partial charge in [-0.15, -0.1) is 0 Å². The topological polar surface area (TPSA) is 43.6 Å². The Morgan fingerprint density at radius 3 is 2.75 bits per heavy atom. The number of fused-ring (bicyclic) bond motifs is 1. The van der Waals surface area contributed by atoms with E-state index in [2.05, 4.69) is 4.98 Å². The molecule has 0 fully saturated rings. The van der Waals surface area contributed by atoms with Crippen molar-refractivity contribution in [1.82, 2.24) is 9.38 Å². The van der Waals surface area contributed by atoms with Gasteiger partial charge in [-0.3, -0.25) is 4.79 Å². The Hall–Kier alpha value is -2.62. The van der Waals surface area contributed by atoms with Crippen LogP contribution in [0.2, 0.25) is 0 Å². The van der Waals surface area contributed by atoms with Gasteiger partial charge < -0.3 is 9.14 Å². The summed E-state index contributed by atoms with van der Waals surface area (Å²) in [6, 6.07) is 11.5. The fourth-order valence-electron chi connectivity index (χ4n) is 2.25. The molecule has 0 aliphatic rings. The summed E-state index contributed by atoms with van der Waals surface area (Å²) < 4.78 is 7.10. The zero-order valence-electron chi connectivity index (χ0n) is 11.1. The summed E-state index contributed by atoms with van der Waals surface area (Å²) >= 11 is 0. The number of carbonyl (C=O) groups excluding carboxylic acids is 1. The number of methoxy groups -OCH3 is 1. The van der Waals surface area contributed by atoms with E-state index in [9.17, 15) is 4.79 Å². The van der Waals surface area contributed by atoms with Gasteiger partial charge in [-0.2, -0.15) is 0 Å². The van der Waals surface area contributed by atoms with E-state index in [1.54, 1.807) is 19.4 Å². The van der Waals surface area contributed by atoms with Crippen LogP contribution in [0.3, 0.4) is 0 Å². The Labute approximate surface area is 116 Å². The third-order valence-electron chi connectivity index (χ3n) is 3.33. The molecule has 4 heteroatoms. The number of ether oxygens (including phenoxy) is 1. The highest BCUT2D eigenvalue weighted by Gasteiger charge is 2.07. The molecular weight excluding hydrogens is 252 g/mol. The van der Waals surface area contributed by atoms with Crippen LogP contribution in [0, 0.1) is 0 Å². The lowest BCUT2D eigenvalue weighted by molar-refractivity contribution is 0.112. The molecule has 2 aromatic heterocycles. The van der Waals surface area contributed by atoms with E-state index in [4.69, 9.17) is 4.74 Å². The maximum atomic E-state index is 11.0. The predicted molar refractivity (Wildman–Crippen MR) is 76.4 cm³/mol. The van der Waals surface area contributed by atoms with Crippen molar-refractivity contribution in [3.63, 3.8) is 0 Å². The Balaban J connectivity index is 1.96. The van der Waals surface area contributed by atoms with Crippen LogP contribution in [-0.4, -0.2) is 22.8 Å². The van der Waals surface area contributed by atoms with Crippen molar-refractivity contribution in [2.75, 3.05) is 7.11 Å². The highest BCUT2D eigenvalue weighted by molar-refractivity contribution is 5.85. The summed E-state index contributed by atoms with van der Waals surface area (Å²) in [6.45, 7) is 0. The lowest BCUT2D eigenvalue weighted by atomic mass is 10.1. The SMILES string of the molecule is COc1ccc(Cc2ncc3c(C=O)cccn23)cc1. The van der Waals surface area contributed by atoms with Gasteiger partial charge in [0.05, 0.1) is 18.8 Å². The number of nitrogens with zero attached hydrogens (tertiary/aromatic N) is 2. The van der Waals surface area contributed by atoms with Crippen molar-refractivity contribution in [2.24, 2.45) is 0 Å². The monoisotopic (exact) mass is 266 g/mol. The van der Waals surface area contributed by atoms with Crippen molar-refractivity contribution in [3.05, 3.63) is 65.7 Å². The zero-order valence-corrected chi connectivity index (χ0v) is 11.1. The van der Waals surface area contributed by atoms with Crippen LogP contribution in [0.5, 0.6) is 5.75 Å². The highest BCUT2D eigenvalue weighted by Crippen LogP contribution is 2.16. The fourth-order valence-corrected chi connectivity index (χ4v) is 2.25. The van der Waals surface area contributed by atoms with Crippen molar-refractivity contribution >= 4 is 11.8 Å². The number of aldehydes is 1. The van der Waals surface area contributed by atoms with E-state index in [1.807, 2.05) is 40.9 Å². The first-order valence-electron chi connectivity index (χ1n) is 6.35. The molecule has 0 bridgehead atoms. The predicted octanol–water partition coefficient (Wildman–Crippen LogP) is 2.75.